The number of amides is 1. The summed E-state index contributed by atoms with van der Waals surface area (Å²) in [7, 11) is 1.57. The van der Waals surface area contributed by atoms with Gasteiger partial charge in [-0.1, -0.05) is 29.8 Å². The summed E-state index contributed by atoms with van der Waals surface area (Å²) < 4.78 is 5.19. The quantitative estimate of drug-likeness (QED) is 0.579. The SMILES string of the molecule is COc1ccc(CNC(=O)c2cc(-c3cncc(C)c3)ccc2C2=CNCC=N2)cc1Cl. The van der Waals surface area contributed by atoms with Crippen molar-refractivity contribution in [2.24, 2.45) is 4.99 Å². The zero-order chi connectivity index (χ0) is 22.5. The Labute approximate surface area is 192 Å². The average Bonchev–Trinajstić information content (AvgIpc) is 2.83. The molecule has 0 spiro atoms. The van der Waals surface area contributed by atoms with Gasteiger partial charge in [-0.25, -0.2) is 0 Å². The third kappa shape index (κ3) is 4.81. The van der Waals surface area contributed by atoms with Gasteiger partial charge in [0.1, 0.15) is 5.75 Å². The maximum Gasteiger partial charge on any atom is 0.252 e. The van der Waals surface area contributed by atoms with Crippen LogP contribution >= 0.6 is 11.6 Å². The first-order valence-electron chi connectivity index (χ1n) is 10.2. The van der Waals surface area contributed by atoms with Gasteiger partial charge in [0.2, 0.25) is 0 Å². The maximum atomic E-state index is 13.3. The zero-order valence-corrected chi connectivity index (χ0v) is 18.6. The zero-order valence-electron chi connectivity index (χ0n) is 17.9. The molecule has 2 heterocycles. The monoisotopic (exact) mass is 446 g/mol. The van der Waals surface area contributed by atoms with Gasteiger partial charge in [0.25, 0.3) is 5.91 Å². The lowest BCUT2D eigenvalue weighted by molar-refractivity contribution is 0.0950. The van der Waals surface area contributed by atoms with Gasteiger partial charge in [-0.2, -0.15) is 0 Å². The van der Waals surface area contributed by atoms with E-state index < -0.39 is 0 Å². The van der Waals surface area contributed by atoms with Crippen molar-refractivity contribution >= 4 is 29.4 Å². The Morgan fingerprint density at radius 3 is 2.75 bits per heavy atom. The van der Waals surface area contributed by atoms with Crippen LogP contribution in [0.15, 0.2) is 66.1 Å². The minimum atomic E-state index is -0.198. The molecule has 4 rings (SSSR count). The predicted molar refractivity (Wildman–Crippen MR) is 128 cm³/mol. The largest absolute Gasteiger partial charge is 0.495 e. The number of hydrogen-bond acceptors (Lipinski definition) is 5. The number of aromatic nitrogens is 1. The molecule has 1 aliphatic rings. The van der Waals surface area contributed by atoms with E-state index in [4.69, 9.17) is 16.3 Å². The molecular weight excluding hydrogens is 424 g/mol. The van der Waals surface area contributed by atoms with Crippen LogP contribution in [0.2, 0.25) is 5.02 Å². The second-order valence-electron chi connectivity index (χ2n) is 7.41. The van der Waals surface area contributed by atoms with Gasteiger partial charge in [-0.15, -0.1) is 0 Å². The van der Waals surface area contributed by atoms with Crippen molar-refractivity contribution in [1.82, 2.24) is 15.6 Å². The molecule has 0 saturated carbocycles. The Morgan fingerprint density at radius 1 is 1.16 bits per heavy atom. The first-order chi connectivity index (χ1) is 15.5. The number of carbonyl (C=O) groups excluding carboxylic acids is 1. The number of aryl methyl sites for hydroxylation is 1. The number of hydrogen-bond donors (Lipinski definition) is 2. The molecule has 0 radical (unpaired) electrons. The minimum absolute atomic E-state index is 0.198. The van der Waals surface area contributed by atoms with E-state index in [-0.39, 0.29) is 5.91 Å². The van der Waals surface area contributed by atoms with Crippen LogP contribution in [-0.2, 0) is 6.54 Å². The molecule has 0 atom stereocenters. The Morgan fingerprint density at radius 2 is 2.03 bits per heavy atom. The van der Waals surface area contributed by atoms with Crippen LogP contribution in [0.1, 0.15) is 27.0 Å². The number of carbonyl (C=O) groups is 1. The third-order valence-electron chi connectivity index (χ3n) is 5.10. The Bertz CT molecular complexity index is 1220. The molecule has 1 amide bonds. The molecule has 3 aromatic rings. The van der Waals surface area contributed by atoms with Crippen molar-refractivity contribution in [2.75, 3.05) is 13.7 Å². The lowest BCUT2D eigenvalue weighted by atomic mass is 9.97. The first kappa shape index (κ1) is 21.6. The van der Waals surface area contributed by atoms with Gasteiger partial charge in [0, 0.05) is 54.6 Å². The number of benzene rings is 2. The summed E-state index contributed by atoms with van der Waals surface area (Å²) >= 11 is 6.22. The van der Waals surface area contributed by atoms with E-state index in [0.29, 0.717) is 35.1 Å². The van der Waals surface area contributed by atoms with Crippen LogP contribution in [0.25, 0.3) is 16.8 Å². The summed E-state index contributed by atoms with van der Waals surface area (Å²) in [5, 5.41) is 6.65. The number of rotatable bonds is 6. The predicted octanol–water partition coefficient (Wildman–Crippen LogP) is 4.62. The Balaban J connectivity index is 1.65. The van der Waals surface area contributed by atoms with Crippen LogP contribution in [0.3, 0.4) is 0 Å². The number of nitrogens with one attached hydrogen (secondary N) is 2. The molecule has 0 unspecified atom stereocenters. The maximum absolute atomic E-state index is 13.3. The first-order valence-corrected chi connectivity index (χ1v) is 10.6. The number of ether oxygens (including phenoxy) is 1. The summed E-state index contributed by atoms with van der Waals surface area (Å²) in [5.41, 5.74) is 5.79. The van der Waals surface area contributed by atoms with Gasteiger partial charge < -0.3 is 15.4 Å². The summed E-state index contributed by atoms with van der Waals surface area (Å²) in [6.07, 6.45) is 7.21. The van der Waals surface area contributed by atoms with Crippen LogP contribution in [0.5, 0.6) is 5.75 Å². The lowest BCUT2D eigenvalue weighted by Gasteiger charge is -2.15. The number of methoxy groups -OCH3 is 1. The van der Waals surface area contributed by atoms with E-state index >= 15 is 0 Å². The van der Waals surface area contributed by atoms with E-state index in [1.807, 2.05) is 43.5 Å². The van der Waals surface area contributed by atoms with Crippen molar-refractivity contribution in [1.29, 1.82) is 0 Å². The van der Waals surface area contributed by atoms with Crippen molar-refractivity contribution in [2.45, 2.75) is 13.5 Å². The number of aliphatic imine (C=N–C) groups is 1. The molecular formula is C25H23ClN4O2. The van der Waals surface area contributed by atoms with Crippen molar-refractivity contribution in [3.63, 3.8) is 0 Å². The molecule has 0 aliphatic carbocycles. The molecule has 1 aliphatic heterocycles. The van der Waals surface area contributed by atoms with E-state index in [0.717, 1.165) is 27.8 Å². The summed E-state index contributed by atoms with van der Waals surface area (Å²) in [4.78, 5) is 22.0. The molecule has 2 aromatic carbocycles. The van der Waals surface area contributed by atoms with Gasteiger partial charge in [-0.3, -0.25) is 14.8 Å². The fourth-order valence-electron chi connectivity index (χ4n) is 3.48. The topological polar surface area (TPSA) is 75.6 Å². The molecule has 162 valence electrons. The second kappa shape index (κ2) is 9.66. The van der Waals surface area contributed by atoms with Crippen molar-refractivity contribution < 1.29 is 9.53 Å². The third-order valence-corrected chi connectivity index (χ3v) is 5.39. The van der Waals surface area contributed by atoms with Gasteiger partial charge >= 0.3 is 0 Å². The second-order valence-corrected chi connectivity index (χ2v) is 7.82. The van der Waals surface area contributed by atoms with Crippen LogP contribution in [0.4, 0.5) is 0 Å². The van der Waals surface area contributed by atoms with E-state index in [2.05, 4.69) is 20.6 Å². The molecule has 7 heteroatoms. The molecule has 0 saturated heterocycles. The number of halogens is 1. The lowest BCUT2D eigenvalue weighted by Crippen LogP contribution is -2.24. The number of nitrogens with zero attached hydrogens (tertiary/aromatic N) is 2. The molecule has 0 fully saturated rings. The van der Waals surface area contributed by atoms with E-state index in [9.17, 15) is 4.79 Å². The van der Waals surface area contributed by atoms with Gasteiger partial charge in [-0.05, 0) is 47.9 Å². The number of pyridine rings is 1. The van der Waals surface area contributed by atoms with E-state index in [1.54, 1.807) is 37.9 Å². The molecule has 2 N–H and O–H groups in total. The summed E-state index contributed by atoms with van der Waals surface area (Å²) in [6, 6.07) is 13.3. The van der Waals surface area contributed by atoms with Crippen molar-refractivity contribution in [3.8, 4) is 16.9 Å². The Kier molecular flexibility index (Phi) is 6.52. The fourth-order valence-corrected chi connectivity index (χ4v) is 3.76. The fraction of sp³-hybridized carbons (Fsp3) is 0.160. The highest BCUT2D eigenvalue weighted by atomic mass is 35.5. The summed E-state index contributed by atoms with van der Waals surface area (Å²) in [6.45, 7) is 2.99. The highest BCUT2D eigenvalue weighted by Gasteiger charge is 2.17. The smallest absolute Gasteiger partial charge is 0.252 e. The highest BCUT2D eigenvalue weighted by molar-refractivity contribution is 6.32. The standard InChI is InChI=1S/C25H23ClN4O2/c1-16-9-19(14-28-12-16)18-4-5-20(23-15-27-7-8-29-23)21(11-18)25(31)30-13-17-3-6-24(32-2)22(26)10-17/h3-6,8-12,14-15,27H,7,13H2,1-2H3,(H,30,31). The van der Waals surface area contributed by atoms with Crippen LogP contribution in [-0.4, -0.2) is 30.8 Å². The summed E-state index contributed by atoms with van der Waals surface area (Å²) in [5.74, 6) is 0.397. The van der Waals surface area contributed by atoms with E-state index in [1.165, 1.54) is 0 Å². The molecule has 0 bridgehead atoms. The molecule has 1 aromatic heterocycles. The molecule has 6 nitrogen and oxygen atoms in total. The normalized spacial score (nSPS) is 12.7. The Hall–Kier alpha value is -3.64. The van der Waals surface area contributed by atoms with Gasteiger partial charge in [0.05, 0.1) is 17.8 Å². The van der Waals surface area contributed by atoms with Crippen LogP contribution < -0.4 is 15.4 Å². The van der Waals surface area contributed by atoms with Crippen molar-refractivity contribution in [3.05, 3.63) is 88.3 Å². The minimum Gasteiger partial charge on any atom is -0.495 e. The van der Waals surface area contributed by atoms with Crippen LogP contribution in [0, 0.1) is 6.92 Å². The average molecular weight is 447 g/mol. The van der Waals surface area contributed by atoms with Gasteiger partial charge in [0.15, 0.2) is 0 Å². The molecule has 32 heavy (non-hydrogen) atoms. The highest BCUT2D eigenvalue weighted by Crippen LogP contribution is 2.28.